The van der Waals surface area contributed by atoms with E-state index in [-0.39, 0.29) is 28.6 Å². The molecular weight excluding hydrogens is 552 g/mol. The Balaban J connectivity index is 1.33. The molecule has 252 valence electrons. The van der Waals surface area contributed by atoms with Crippen molar-refractivity contribution in [3.63, 3.8) is 0 Å². The molecule has 1 aromatic rings. The fraction of sp³-hybridized carbons (Fsp3) is 0.810. The molecule has 1 aromatic carbocycles. The summed E-state index contributed by atoms with van der Waals surface area (Å²) >= 11 is 0. The van der Waals surface area contributed by atoms with Crippen LogP contribution >= 0.6 is 0 Å². The van der Waals surface area contributed by atoms with E-state index in [1.54, 1.807) is 6.92 Å². The minimum atomic E-state index is -0.723. The number of aliphatic hydroxyl groups is 3. The minimum absolute atomic E-state index is 0.0215. The Labute approximate surface area is 275 Å². The van der Waals surface area contributed by atoms with E-state index in [0.29, 0.717) is 11.8 Å². The van der Waals surface area contributed by atoms with E-state index < -0.39 is 23.7 Å². The highest BCUT2D eigenvalue weighted by Crippen LogP contribution is 2.75. The largest absolute Gasteiger partial charge is 0.389 e. The highest BCUT2D eigenvalue weighted by atomic mass is 16.3. The van der Waals surface area contributed by atoms with Gasteiger partial charge in [-0.05, 0) is 132 Å². The van der Waals surface area contributed by atoms with E-state index in [4.69, 9.17) is 0 Å². The molecular formula is C42H66O3. The summed E-state index contributed by atoms with van der Waals surface area (Å²) in [5.41, 5.74) is 6.46. The zero-order chi connectivity index (χ0) is 32.8. The van der Waals surface area contributed by atoms with Crippen LogP contribution in [0.15, 0.2) is 23.3 Å². The standard InChI is InChI=1S/C42H66O3/c1-23(21-32-16-13-15-30-14-11-12-17-34(30)32)20-31-18-19-33-26(4)41(9)29(7)40(8)22-24(2)35(28(6)43)39(45)42(40,10)27(5)37(41)38(44)36(33)25(31)3/h18-19,23,26-30,32,34,37-39,43-45H,11-17,20-22H2,1-10H3. The van der Waals surface area contributed by atoms with Crippen LogP contribution < -0.4 is 0 Å². The van der Waals surface area contributed by atoms with E-state index >= 15 is 0 Å². The Bertz CT molecular complexity index is 1310. The van der Waals surface area contributed by atoms with Gasteiger partial charge in [0, 0.05) is 5.41 Å². The molecule has 45 heavy (non-hydrogen) atoms. The van der Waals surface area contributed by atoms with Crippen molar-refractivity contribution < 1.29 is 15.3 Å². The molecule has 5 aliphatic rings. The van der Waals surface area contributed by atoms with Gasteiger partial charge in [-0.1, -0.05) is 105 Å². The summed E-state index contributed by atoms with van der Waals surface area (Å²) in [5, 5.41) is 35.6. The van der Waals surface area contributed by atoms with Crippen LogP contribution in [0.2, 0.25) is 0 Å². The molecule has 14 atom stereocenters. The zero-order valence-corrected chi connectivity index (χ0v) is 30.4. The van der Waals surface area contributed by atoms with E-state index in [9.17, 15) is 15.3 Å². The lowest BCUT2D eigenvalue weighted by atomic mass is 9.32. The fourth-order valence-corrected chi connectivity index (χ4v) is 13.5. The smallest absolute Gasteiger partial charge is 0.0838 e. The highest BCUT2D eigenvalue weighted by molar-refractivity contribution is 5.48. The summed E-state index contributed by atoms with van der Waals surface area (Å²) in [6, 6.07) is 4.80. The Hall–Kier alpha value is -1.16. The van der Waals surface area contributed by atoms with Crippen molar-refractivity contribution >= 4 is 0 Å². The summed E-state index contributed by atoms with van der Waals surface area (Å²) in [5.74, 6) is 4.16. The average Bonchev–Trinajstić information content (AvgIpc) is 2.98. The third-order valence-corrected chi connectivity index (χ3v) is 16.5. The van der Waals surface area contributed by atoms with Gasteiger partial charge >= 0.3 is 0 Å². The second kappa shape index (κ2) is 11.8. The van der Waals surface area contributed by atoms with Crippen molar-refractivity contribution in [3.8, 4) is 0 Å². The monoisotopic (exact) mass is 619 g/mol. The Morgan fingerprint density at radius 2 is 1.58 bits per heavy atom. The summed E-state index contributed by atoms with van der Waals surface area (Å²) in [6.45, 7) is 22.9. The first-order valence-electron chi connectivity index (χ1n) is 19.0. The van der Waals surface area contributed by atoms with E-state index in [1.807, 2.05) is 0 Å². The van der Waals surface area contributed by atoms with Gasteiger partial charge < -0.3 is 15.3 Å². The van der Waals surface area contributed by atoms with Gasteiger partial charge in [0.2, 0.25) is 0 Å². The van der Waals surface area contributed by atoms with Gasteiger partial charge in [-0.2, -0.15) is 0 Å². The number of allylic oxidation sites excluding steroid dienone is 1. The van der Waals surface area contributed by atoms with Crippen LogP contribution in [0, 0.1) is 64.6 Å². The van der Waals surface area contributed by atoms with Crippen molar-refractivity contribution in [2.45, 2.75) is 158 Å². The number of fused-ring (bicyclic) bond motifs is 4. The first kappa shape index (κ1) is 33.7. The van der Waals surface area contributed by atoms with Gasteiger partial charge in [0.15, 0.2) is 0 Å². The Morgan fingerprint density at radius 1 is 0.911 bits per heavy atom. The van der Waals surface area contributed by atoms with E-state index in [1.165, 1.54) is 73.6 Å². The lowest BCUT2D eigenvalue weighted by Gasteiger charge is -2.72. The predicted molar refractivity (Wildman–Crippen MR) is 186 cm³/mol. The second-order valence-electron chi connectivity index (χ2n) is 18.1. The topological polar surface area (TPSA) is 60.7 Å². The molecule has 0 aliphatic heterocycles. The predicted octanol–water partition coefficient (Wildman–Crippen LogP) is 9.70. The Morgan fingerprint density at radius 3 is 2.27 bits per heavy atom. The van der Waals surface area contributed by atoms with Crippen LogP contribution in [0.4, 0.5) is 0 Å². The molecule has 0 spiro atoms. The summed E-state index contributed by atoms with van der Waals surface area (Å²) in [7, 11) is 0. The molecule has 0 amide bonds. The SMILES string of the molecule is CC1=C(C(C)O)C(O)C2(C)C(C)C3C(O)c4c(ccc(CC(C)CC5CCCC6CCCCC65)c4C)C(C)C3(C)C(C)C2(C)C1. The average molecular weight is 619 g/mol. The van der Waals surface area contributed by atoms with Gasteiger partial charge in [-0.25, -0.2) is 0 Å². The van der Waals surface area contributed by atoms with Crippen LogP contribution in [0.25, 0.3) is 0 Å². The van der Waals surface area contributed by atoms with Crippen molar-refractivity contribution in [1.29, 1.82) is 0 Å². The number of hydrogen-bond acceptors (Lipinski definition) is 3. The number of rotatable bonds is 5. The number of hydrogen-bond donors (Lipinski definition) is 3. The molecule has 14 unspecified atom stereocenters. The Kier molecular flexibility index (Phi) is 8.82. The quantitative estimate of drug-likeness (QED) is 0.288. The molecule has 0 saturated heterocycles. The molecule has 3 saturated carbocycles. The zero-order valence-electron chi connectivity index (χ0n) is 30.4. The molecule has 3 nitrogen and oxygen atoms in total. The lowest BCUT2D eigenvalue weighted by molar-refractivity contribution is -0.247. The molecule has 3 N–H and O–H groups in total. The first-order chi connectivity index (χ1) is 21.1. The van der Waals surface area contributed by atoms with Crippen LogP contribution in [0.3, 0.4) is 0 Å². The maximum atomic E-state index is 12.6. The van der Waals surface area contributed by atoms with Gasteiger partial charge in [0.1, 0.15) is 0 Å². The van der Waals surface area contributed by atoms with Crippen LogP contribution in [0.1, 0.15) is 154 Å². The maximum absolute atomic E-state index is 12.6. The van der Waals surface area contributed by atoms with Crippen LogP contribution in [0.5, 0.6) is 0 Å². The molecule has 5 aliphatic carbocycles. The molecule has 6 rings (SSSR count). The summed E-state index contributed by atoms with van der Waals surface area (Å²) in [6.07, 6.45) is 11.5. The van der Waals surface area contributed by atoms with Crippen molar-refractivity contribution in [2.75, 3.05) is 0 Å². The lowest BCUT2D eigenvalue weighted by Crippen LogP contribution is -2.69. The molecule has 0 bridgehead atoms. The third kappa shape index (κ3) is 4.74. The van der Waals surface area contributed by atoms with Gasteiger partial charge in [0.25, 0.3) is 0 Å². The van der Waals surface area contributed by atoms with Gasteiger partial charge in [0.05, 0.1) is 18.3 Å². The minimum Gasteiger partial charge on any atom is -0.389 e. The molecule has 0 radical (unpaired) electrons. The third-order valence-electron chi connectivity index (χ3n) is 16.5. The fourth-order valence-electron chi connectivity index (χ4n) is 13.5. The van der Waals surface area contributed by atoms with Crippen LogP contribution in [-0.2, 0) is 6.42 Å². The molecule has 0 heterocycles. The second-order valence-corrected chi connectivity index (χ2v) is 18.1. The highest BCUT2D eigenvalue weighted by Gasteiger charge is 2.71. The van der Waals surface area contributed by atoms with Gasteiger partial charge in [-0.3, -0.25) is 0 Å². The molecule has 0 aromatic heterocycles. The number of aliphatic hydroxyl groups excluding tert-OH is 3. The van der Waals surface area contributed by atoms with Gasteiger partial charge in [-0.15, -0.1) is 0 Å². The summed E-state index contributed by atoms with van der Waals surface area (Å²) < 4.78 is 0. The van der Waals surface area contributed by atoms with E-state index in [2.05, 4.69) is 74.4 Å². The first-order valence-corrected chi connectivity index (χ1v) is 19.0. The number of benzene rings is 1. The molecule has 3 heteroatoms. The summed E-state index contributed by atoms with van der Waals surface area (Å²) in [4.78, 5) is 0. The molecule has 3 fully saturated rings. The normalized spacial score (nSPS) is 46.0. The van der Waals surface area contributed by atoms with Crippen molar-refractivity contribution in [3.05, 3.63) is 45.5 Å². The maximum Gasteiger partial charge on any atom is 0.0838 e. The van der Waals surface area contributed by atoms with Crippen molar-refractivity contribution in [2.24, 2.45) is 57.7 Å². The van der Waals surface area contributed by atoms with E-state index in [0.717, 1.165) is 41.7 Å². The van der Waals surface area contributed by atoms with Crippen molar-refractivity contribution in [1.82, 2.24) is 0 Å². The van der Waals surface area contributed by atoms with Crippen LogP contribution in [-0.4, -0.2) is 27.5 Å².